The Labute approximate surface area is 111 Å². The fraction of sp³-hybridized carbons (Fsp3) is 0.471. The summed E-state index contributed by atoms with van der Waals surface area (Å²) in [6, 6.07) is 5.90. The average Bonchev–Trinajstić information content (AvgIpc) is 2.25. The lowest BCUT2D eigenvalue weighted by Gasteiger charge is -2.08. The molecular weight excluding hydrogens is 220 g/mol. The van der Waals surface area contributed by atoms with E-state index >= 15 is 0 Å². The lowest BCUT2D eigenvalue weighted by Crippen LogP contribution is -2.01. The molecule has 0 heterocycles. The van der Waals surface area contributed by atoms with Crippen LogP contribution in [-0.4, -0.2) is 5.78 Å². The second kappa shape index (κ2) is 5.87. The summed E-state index contributed by atoms with van der Waals surface area (Å²) in [4.78, 5) is 11.5. The van der Waals surface area contributed by atoms with Crippen LogP contribution in [0.15, 0.2) is 18.2 Å². The highest BCUT2D eigenvalue weighted by atomic mass is 16.1. The van der Waals surface area contributed by atoms with E-state index in [4.69, 9.17) is 0 Å². The number of ketones is 1. The first kappa shape index (κ1) is 14.5. The second-order valence-electron chi connectivity index (χ2n) is 5.68. The third kappa shape index (κ3) is 4.37. The number of carbonyl (C=O) groups excluding carboxylic acids is 1. The van der Waals surface area contributed by atoms with E-state index in [1.54, 1.807) is 6.92 Å². The molecule has 0 aliphatic rings. The Bertz CT molecular complexity index is 493. The molecule has 0 saturated heterocycles. The van der Waals surface area contributed by atoms with Crippen molar-refractivity contribution in [2.45, 2.75) is 47.5 Å². The fourth-order valence-electron chi connectivity index (χ4n) is 1.75. The molecule has 0 N–H and O–H groups in total. The summed E-state index contributed by atoms with van der Waals surface area (Å²) >= 11 is 0. The molecule has 0 fully saturated rings. The summed E-state index contributed by atoms with van der Waals surface area (Å²) in [5.41, 5.74) is 2.95. The topological polar surface area (TPSA) is 17.1 Å². The lowest BCUT2D eigenvalue weighted by atomic mass is 9.95. The predicted molar refractivity (Wildman–Crippen MR) is 76.8 cm³/mol. The highest BCUT2D eigenvalue weighted by molar-refractivity contribution is 5.95. The highest BCUT2D eigenvalue weighted by Crippen LogP contribution is 2.16. The molecule has 1 heteroatoms. The normalized spacial score (nSPS) is 10.7. The van der Waals surface area contributed by atoms with Crippen LogP contribution in [0.1, 0.15) is 62.5 Å². The molecule has 0 aliphatic carbocycles. The van der Waals surface area contributed by atoms with Crippen LogP contribution in [0.3, 0.4) is 0 Å². The van der Waals surface area contributed by atoms with E-state index in [9.17, 15) is 4.79 Å². The minimum Gasteiger partial charge on any atom is -0.295 e. The van der Waals surface area contributed by atoms with Crippen LogP contribution in [0.4, 0.5) is 0 Å². The van der Waals surface area contributed by atoms with E-state index in [1.807, 2.05) is 12.1 Å². The van der Waals surface area contributed by atoms with Gasteiger partial charge in [0.1, 0.15) is 0 Å². The molecule has 18 heavy (non-hydrogen) atoms. The molecule has 1 aromatic carbocycles. The maximum Gasteiger partial charge on any atom is 0.160 e. The Morgan fingerprint density at radius 1 is 1.28 bits per heavy atom. The molecule has 0 amide bonds. The van der Waals surface area contributed by atoms with Gasteiger partial charge in [-0.05, 0) is 57.9 Å². The molecule has 0 unspecified atom stereocenters. The van der Waals surface area contributed by atoms with Gasteiger partial charge >= 0.3 is 0 Å². The van der Waals surface area contributed by atoms with Crippen molar-refractivity contribution in [3.05, 3.63) is 34.9 Å². The molecule has 1 aromatic rings. The van der Waals surface area contributed by atoms with E-state index in [0.29, 0.717) is 0 Å². The maximum atomic E-state index is 11.5. The molecule has 96 valence electrons. The number of hydrogen-bond acceptors (Lipinski definition) is 1. The quantitative estimate of drug-likeness (QED) is 0.572. The average molecular weight is 242 g/mol. The molecule has 1 rings (SSSR count). The first-order valence-electron chi connectivity index (χ1n) is 6.50. The number of Topliss-reactive ketones (excluding diaryl/α,β-unsaturated/α-hetero) is 1. The van der Waals surface area contributed by atoms with Gasteiger partial charge in [-0.15, -0.1) is 0 Å². The van der Waals surface area contributed by atoms with Crippen molar-refractivity contribution >= 4 is 5.78 Å². The van der Waals surface area contributed by atoms with Crippen LogP contribution in [0, 0.1) is 17.3 Å². The summed E-state index contributed by atoms with van der Waals surface area (Å²) in [6.45, 7) is 10.0. The van der Waals surface area contributed by atoms with Crippen molar-refractivity contribution in [1.82, 2.24) is 0 Å². The number of benzene rings is 1. The monoisotopic (exact) mass is 242 g/mol. The van der Waals surface area contributed by atoms with Crippen LogP contribution in [0.2, 0.25) is 0 Å². The van der Waals surface area contributed by atoms with Gasteiger partial charge in [-0.1, -0.05) is 25.2 Å². The van der Waals surface area contributed by atoms with E-state index in [2.05, 4.69) is 45.6 Å². The van der Waals surface area contributed by atoms with Gasteiger partial charge in [0.15, 0.2) is 5.78 Å². The first-order chi connectivity index (χ1) is 8.33. The summed E-state index contributed by atoms with van der Waals surface area (Å²) in [6.07, 6.45) is 1.97. The fourth-order valence-corrected chi connectivity index (χ4v) is 1.75. The van der Waals surface area contributed by atoms with Crippen molar-refractivity contribution in [2.75, 3.05) is 0 Å². The smallest absolute Gasteiger partial charge is 0.160 e. The highest BCUT2D eigenvalue weighted by Gasteiger charge is 2.07. The molecule has 0 spiro atoms. The van der Waals surface area contributed by atoms with Gasteiger partial charge in [0.25, 0.3) is 0 Å². The minimum absolute atomic E-state index is 0.00413. The van der Waals surface area contributed by atoms with E-state index in [1.165, 1.54) is 0 Å². The number of hydrogen-bond donors (Lipinski definition) is 0. The van der Waals surface area contributed by atoms with E-state index in [-0.39, 0.29) is 11.2 Å². The molecule has 0 bridgehead atoms. The summed E-state index contributed by atoms with van der Waals surface area (Å²) in [5, 5.41) is 0. The van der Waals surface area contributed by atoms with Crippen molar-refractivity contribution in [3.63, 3.8) is 0 Å². The zero-order chi connectivity index (χ0) is 13.8. The van der Waals surface area contributed by atoms with Crippen LogP contribution in [-0.2, 0) is 6.42 Å². The zero-order valence-electron chi connectivity index (χ0n) is 12.1. The maximum absolute atomic E-state index is 11.5. The van der Waals surface area contributed by atoms with Crippen molar-refractivity contribution in [2.24, 2.45) is 5.41 Å². The van der Waals surface area contributed by atoms with Crippen LogP contribution < -0.4 is 0 Å². The third-order valence-corrected chi connectivity index (χ3v) is 2.59. The largest absolute Gasteiger partial charge is 0.295 e. The third-order valence-electron chi connectivity index (χ3n) is 2.59. The van der Waals surface area contributed by atoms with Gasteiger partial charge in [-0.3, -0.25) is 4.79 Å². The van der Waals surface area contributed by atoms with Gasteiger partial charge in [0.05, 0.1) is 0 Å². The van der Waals surface area contributed by atoms with Gasteiger partial charge in [0.2, 0.25) is 0 Å². The van der Waals surface area contributed by atoms with Crippen LogP contribution in [0.5, 0.6) is 0 Å². The van der Waals surface area contributed by atoms with Crippen molar-refractivity contribution in [3.8, 4) is 11.8 Å². The Morgan fingerprint density at radius 3 is 2.44 bits per heavy atom. The Morgan fingerprint density at radius 2 is 1.94 bits per heavy atom. The van der Waals surface area contributed by atoms with E-state index in [0.717, 1.165) is 29.5 Å². The molecular formula is C17H22O. The Kier molecular flexibility index (Phi) is 4.73. The standard InChI is InChI=1S/C17H22O/c1-6-7-15-12-14(10-11-17(3,4)5)8-9-16(15)13(2)18/h8-9,12H,6-7H2,1-5H3. The zero-order valence-corrected chi connectivity index (χ0v) is 12.1. The lowest BCUT2D eigenvalue weighted by molar-refractivity contribution is 0.101. The molecule has 1 nitrogen and oxygen atoms in total. The van der Waals surface area contributed by atoms with Crippen LogP contribution >= 0.6 is 0 Å². The van der Waals surface area contributed by atoms with E-state index < -0.39 is 0 Å². The molecule has 0 aliphatic heterocycles. The SMILES string of the molecule is CCCc1cc(C#CC(C)(C)C)ccc1C(C)=O. The van der Waals surface area contributed by atoms with Gasteiger partial charge in [-0.2, -0.15) is 0 Å². The number of aryl methyl sites for hydroxylation is 1. The summed E-state index contributed by atoms with van der Waals surface area (Å²) < 4.78 is 0. The van der Waals surface area contributed by atoms with Crippen molar-refractivity contribution in [1.29, 1.82) is 0 Å². The minimum atomic E-state index is 0.00413. The van der Waals surface area contributed by atoms with Gasteiger partial charge in [0, 0.05) is 16.5 Å². The van der Waals surface area contributed by atoms with Gasteiger partial charge < -0.3 is 0 Å². The van der Waals surface area contributed by atoms with Gasteiger partial charge in [-0.25, -0.2) is 0 Å². The van der Waals surface area contributed by atoms with Crippen molar-refractivity contribution < 1.29 is 4.79 Å². The predicted octanol–water partition coefficient (Wildman–Crippen LogP) is 4.24. The summed E-state index contributed by atoms with van der Waals surface area (Å²) in [5.74, 6) is 6.54. The second-order valence-corrected chi connectivity index (χ2v) is 5.68. The first-order valence-corrected chi connectivity index (χ1v) is 6.50. The molecule has 0 aromatic heterocycles. The Hall–Kier alpha value is -1.55. The molecule has 0 saturated carbocycles. The molecule has 0 atom stereocenters. The number of carbonyl (C=O) groups is 1. The van der Waals surface area contributed by atoms with Crippen LogP contribution in [0.25, 0.3) is 0 Å². The summed E-state index contributed by atoms with van der Waals surface area (Å²) in [7, 11) is 0. The Balaban J connectivity index is 3.14. The number of rotatable bonds is 3. The molecule has 0 radical (unpaired) electrons.